The molecule has 20 heavy (non-hydrogen) atoms. The van der Waals surface area contributed by atoms with Crippen LogP contribution in [0.25, 0.3) is 0 Å². The second-order valence-corrected chi connectivity index (χ2v) is 4.80. The fourth-order valence-electron chi connectivity index (χ4n) is 1.86. The van der Waals surface area contributed by atoms with Crippen molar-refractivity contribution in [1.29, 1.82) is 0 Å². The fourth-order valence-corrected chi connectivity index (χ4v) is 1.86. The summed E-state index contributed by atoms with van der Waals surface area (Å²) in [5.41, 5.74) is 0.270. The van der Waals surface area contributed by atoms with Crippen LogP contribution >= 0.6 is 0 Å². The molecule has 0 bridgehead atoms. The zero-order valence-corrected chi connectivity index (χ0v) is 12.2. The molecule has 2 N–H and O–H groups in total. The lowest BCUT2D eigenvalue weighted by atomic mass is 10.3. The lowest BCUT2D eigenvalue weighted by molar-refractivity contribution is -0.384. The van der Waals surface area contributed by atoms with Gasteiger partial charge in [-0.05, 0) is 33.4 Å². The summed E-state index contributed by atoms with van der Waals surface area (Å²) in [5.74, 6) is -0.275. The molecule has 1 aromatic rings. The van der Waals surface area contributed by atoms with E-state index < -0.39 is 4.92 Å². The Balaban J connectivity index is 2.68. The molecule has 0 unspecified atom stereocenters. The number of aromatic nitrogens is 1. The van der Waals surface area contributed by atoms with Gasteiger partial charge in [0.05, 0.1) is 11.1 Å². The zero-order chi connectivity index (χ0) is 15.1. The van der Waals surface area contributed by atoms with E-state index in [0.29, 0.717) is 12.2 Å². The maximum atomic E-state index is 12.1. The number of hydrogen-bond donors (Lipinski definition) is 2. The summed E-state index contributed by atoms with van der Waals surface area (Å²) in [4.78, 5) is 22.4. The van der Waals surface area contributed by atoms with Crippen molar-refractivity contribution in [2.45, 2.75) is 33.2 Å². The Morgan fingerprint density at radius 1 is 1.45 bits per heavy atom. The first-order chi connectivity index (χ1) is 9.47. The standard InChI is InChI=1S/C13H22N4O3/c1-4-14-6-5-7-15-13(18)12-8-11(17(19)20)9-16(12)10(2)3/h8-10,14H,4-7H2,1-3H3,(H,15,18). The van der Waals surface area contributed by atoms with Crippen molar-refractivity contribution in [2.24, 2.45) is 0 Å². The minimum Gasteiger partial charge on any atom is -0.351 e. The number of carbonyl (C=O) groups is 1. The largest absolute Gasteiger partial charge is 0.351 e. The van der Waals surface area contributed by atoms with E-state index in [1.54, 1.807) is 4.57 Å². The van der Waals surface area contributed by atoms with Crippen LogP contribution in [0, 0.1) is 10.1 Å². The Morgan fingerprint density at radius 2 is 2.15 bits per heavy atom. The van der Waals surface area contributed by atoms with Crippen LogP contribution < -0.4 is 10.6 Å². The fraction of sp³-hybridized carbons (Fsp3) is 0.615. The van der Waals surface area contributed by atoms with Crippen LogP contribution in [0.2, 0.25) is 0 Å². The molecule has 1 heterocycles. The quantitative estimate of drug-likeness (QED) is 0.431. The van der Waals surface area contributed by atoms with Crippen molar-refractivity contribution >= 4 is 11.6 Å². The number of carbonyl (C=O) groups excluding carboxylic acids is 1. The molecule has 7 heteroatoms. The van der Waals surface area contributed by atoms with Gasteiger partial charge in [0.2, 0.25) is 0 Å². The van der Waals surface area contributed by atoms with Crippen LogP contribution in [-0.4, -0.2) is 35.0 Å². The number of amides is 1. The van der Waals surface area contributed by atoms with Crippen molar-refractivity contribution in [3.8, 4) is 0 Å². The number of hydrogen-bond acceptors (Lipinski definition) is 4. The Labute approximate surface area is 118 Å². The lowest BCUT2D eigenvalue weighted by Gasteiger charge is -2.12. The van der Waals surface area contributed by atoms with E-state index in [-0.39, 0.29) is 17.6 Å². The Morgan fingerprint density at radius 3 is 2.70 bits per heavy atom. The van der Waals surface area contributed by atoms with Gasteiger partial charge in [0, 0.05) is 18.7 Å². The number of rotatable bonds is 8. The van der Waals surface area contributed by atoms with Gasteiger partial charge in [-0.1, -0.05) is 6.92 Å². The Kier molecular flexibility index (Phi) is 6.17. The highest BCUT2D eigenvalue weighted by Crippen LogP contribution is 2.20. The molecule has 0 aliphatic carbocycles. The molecule has 0 saturated heterocycles. The first-order valence-corrected chi connectivity index (χ1v) is 6.82. The normalized spacial score (nSPS) is 10.8. The maximum absolute atomic E-state index is 12.1. The second kappa shape index (κ2) is 7.64. The Hall–Kier alpha value is -1.89. The highest BCUT2D eigenvalue weighted by atomic mass is 16.6. The van der Waals surface area contributed by atoms with Gasteiger partial charge < -0.3 is 15.2 Å². The summed E-state index contributed by atoms with van der Waals surface area (Å²) in [7, 11) is 0. The monoisotopic (exact) mass is 282 g/mol. The van der Waals surface area contributed by atoms with Gasteiger partial charge in [-0.25, -0.2) is 0 Å². The average molecular weight is 282 g/mol. The minimum atomic E-state index is -0.485. The molecular formula is C13H22N4O3. The third kappa shape index (κ3) is 4.34. The molecule has 0 saturated carbocycles. The van der Waals surface area contributed by atoms with E-state index >= 15 is 0 Å². The molecule has 112 valence electrons. The summed E-state index contributed by atoms with van der Waals surface area (Å²) >= 11 is 0. The number of nitrogens with one attached hydrogen (secondary N) is 2. The molecule has 7 nitrogen and oxygen atoms in total. The van der Waals surface area contributed by atoms with Gasteiger partial charge in [0.15, 0.2) is 0 Å². The molecule has 0 spiro atoms. The van der Waals surface area contributed by atoms with E-state index in [4.69, 9.17) is 0 Å². The summed E-state index contributed by atoms with van der Waals surface area (Å²) in [5, 5.41) is 16.7. The SMILES string of the molecule is CCNCCCNC(=O)c1cc([N+](=O)[O-])cn1C(C)C. The molecule has 0 aromatic carbocycles. The van der Waals surface area contributed by atoms with Gasteiger partial charge in [-0.15, -0.1) is 0 Å². The third-order valence-electron chi connectivity index (χ3n) is 2.90. The van der Waals surface area contributed by atoms with Crippen LogP contribution in [0.15, 0.2) is 12.3 Å². The lowest BCUT2D eigenvalue weighted by Crippen LogP contribution is -2.29. The molecular weight excluding hydrogens is 260 g/mol. The van der Waals surface area contributed by atoms with E-state index in [2.05, 4.69) is 10.6 Å². The molecule has 1 aromatic heterocycles. The minimum absolute atomic E-state index is 0.00814. The van der Waals surface area contributed by atoms with Gasteiger partial charge in [-0.3, -0.25) is 14.9 Å². The van der Waals surface area contributed by atoms with E-state index in [9.17, 15) is 14.9 Å². The molecule has 0 aliphatic heterocycles. The number of nitro groups is 1. The highest BCUT2D eigenvalue weighted by Gasteiger charge is 2.20. The van der Waals surface area contributed by atoms with Gasteiger partial charge in [-0.2, -0.15) is 0 Å². The summed E-state index contributed by atoms with van der Waals surface area (Å²) in [6, 6.07) is 1.31. The van der Waals surface area contributed by atoms with Crippen molar-refractivity contribution in [2.75, 3.05) is 19.6 Å². The van der Waals surface area contributed by atoms with Crippen molar-refractivity contribution in [3.05, 3.63) is 28.1 Å². The predicted octanol–water partition coefficient (Wildman–Crippen LogP) is 1.71. The van der Waals surface area contributed by atoms with Gasteiger partial charge in [0.1, 0.15) is 5.69 Å². The van der Waals surface area contributed by atoms with Gasteiger partial charge >= 0.3 is 0 Å². The molecule has 0 radical (unpaired) electrons. The van der Waals surface area contributed by atoms with Crippen LogP contribution in [0.5, 0.6) is 0 Å². The topological polar surface area (TPSA) is 89.2 Å². The summed E-state index contributed by atoms with van der Waals surface area (Å²) in [6.45, 7) is 8.06. The first-order valence-electron chi connectivity index (χ1n) is 6.82. The molecule has 1 amide bonds. The van der Waals surface area contributed by atoms with Crippen LogP contribution in [-0.2, 0) is 0 Å². The van der Waals surface area contributed by atoms with Crippen LogP contribution in [0.1, 0.15) is 43.7 Å². The van der Waals surface area contributed by atoms with Gasteiger partial charge in [0.25, 0.3) is 11.6 Å². The molecule has 0 fully saturated rings. The molecule has 1 rings (SSSR count). The van der Waals surface area contributed by atoms with Crippen molar-refractivity contribution in [1.82, 2.24) is 15.2 Å². The molecule has 0 atom stereocenters. The van der Waals surface area contributed by atoms with Crippen LogP contribution in [0.3, 0.4) is 0 Å². The average Bonchev–Trinajstić information content (AvgIpc) is 2.83. The van der Waals surface area contributed by atoms with E-state index in [0.717, 1.165) is 19.5 Å². The predicted molar refractivity (Wildman–Crippen MR) is 77.0 cm³/mol. The third-order valence-corrected chi connectivity index (χ3v) is 2.90. The second-order valence-electron chi connectivity index (χ2n) is 4.80. The maximum Gasteiger partial charge on any atom is 0.287 e. The highest BCUT2D eigenvalue weighted by molar-refractivity contribution is 5.93. The Bertz CT molecular complexity index is 468. The van der Waals surface area contributed by atoms with Crippen molar-refractivity contribution < 1.29 is 9.72 Å². The zero-order valence-electron chi connectivity index (χ0n) is 12.2. The summed E-state index contributed by atoms with van der Waals surface area (Å²) in [6.07, 6.45) is 2.22. The molecule has 0 aliphatic rings. The first kappa shape index (κ1) is 16.2. The smallest absolute Gasteiger partial charge is 0.287 e. The van der Waals surface area contributed by atoms with E-state index in [1.165, 1.54) is 12.3 Å². The summed E-state index contributed by atoms with van der Waals surface area (Å²) < 4.78 is 1.62. The van der Waals surface area contributed by atoms with Crippen LogP contribution in [0.4, 0.5) is 5.69 Å². The van der Waals surface area contributed by atoms with Crippen molar-refractivity contribution in [3.63, 3.8) is 0 Å². The van der Waals surface area contributed by atoms with E-state index in [1.807, 2.05) is 20.8 Å². The number of nitrogens with zero attached hydrogens (tertiary/aromatic N) is 2.